The minimum atomic E-state index is -0.525. The highest BCUT2D eigenvalue weighted by molar-refractivity contribution is 4.54. The maximum Gasteiger partial charge on any atom is 0.0920 e. The number of hydrogen-bond acceptors (Lipinski definition) is 5. The fourth-order valence-corrected chi connectivity index (χ4v) is 1.62. The predicted octanol–water partition coefficient (Wildman–Crippen LogP) is 1.89. The number of aliphatic hydroxyl groups excluding tert-OH is 1. The fourth-order valence-electron chi connectivity index (χ4n) is 1.62. The molecule has 0 fully saturated rings. The van der Waals surface area contributed by atoms with E-state index in [9.17, 15) is 5.11 Å². The number of nitrogens with one attached hydrogen (secondary N) is 1. The summed E-state index contributed by atoms with van der Waals surface area (Å²) in [5, 5.41) is 9.58. The molecule has 1 unspecified atom stereocenters. The molecule has 5 nitrogen and oxygen atoms in total. The van der Waals surface area contributed by atoms with Gasteiger partial charge in [0.1, 0.15) is 0 Å². The van der Waals surface area contributed by atoms with Gasteiger partial charge in [-0.3, -0.25) is 4.84 Å². The SMILES string of the molecule is CCCCCCCCOCC(O)CNOCCOC. The summed E-state index contributed by atoms with van der Waals surface area (Å²) < 4.78 is 10.2. The van der Waals surface area contributed by atoms with Crippen LogP contribution in [0.25, 0.3) is 0 Å². The zero-order chi connectivity index (χ0) is 14.2. The summed E-state index contributed by atoms with van der Waals surface area (Å²) in [5.41, 5.74) is 2.69. The van der Waals surface area contributed by atoms with Crippen molar-refractivity contribution in [3.8, 4) is 0 Å². The van der Waals surface area contributed by atoms with Crippen LogP contribution in [0.2, 0.25) is 0 Å². The zero-order valence-electron chi connectivity index (χ0n) is 12.5. The molecule has 0 aromatic carbocycles. The Bertz CT molecular complexity index is 170. The molecule has 1 atom stereocenters. The second-order valence-electron chi connectivity index (χ2n) is 4.69. The van der Waals surface area contributed by atoms with E-state index in [1.165, 1.54) is 32.1 Å². The number of unbranched alkanes of at least 4 members (excludes halogenated alkanes) is 5. The lowest BCUT2D eigenvalue weighted by Gasteiger charge is -2.12. The van der Waals surface area contributed by atoms with Crippen molar-refractivity contribution in [1.29, 1.82) is 0 Å². The van der Waals surface area contributed by atoms with Gasteiger partial charge in [0.15, 0.2) is 0 Å². The largest absolute Gasteiger partial charge is 0.389 e. The molecule has 0 aromatic heterocycles. The molecule has 0 aliphatic carbocycles. The highest BCUT2D eigenvalue weighted by Gasteiger charge is 2.03. The topological polar surface area (TPSA) is 60.0 Å². The van der Waals surface area contributed by atoms with Crippen LogP contribution in [0.4, 0.5) is 0 Å². The Morgan fingerprint density at radius 1 is 1.00 bits per heavy atom. The average Bonchev–Trinajstić information content (AvgIpc) is 2.41. The van der Waals surface area contributed by atoms with Crippen LogP contribution in [0.15, 0.2) is 0 Å². The van der Waals surface area contributed by atoms with Gasteiger partial charge in [-0.05, 0) is 6.42 Å². The lowest BCUT2D eigenvalue weighted by Crippen LogP contribution is -2.31. The average molecular weight is 277 g/mol. The van der Waals surface area contributed by atoms with Crippen LogP contribution in [0, 0.1) is 0 Å². The Hall–Kier alpha value is -0.200. The van der Waals surface area contributed by atoms with E-state index in [2.05, 4.69) is 12.4 Å². The molecular weight excluding hydrogens is 246 g/mol. The van der Waals surface area contributed by atoms with Crippen LogP contribution in [-0.2, 0) is 14.3 Å². The number of hydroxylamine groups is 1. The summed E-state index contributed by atoms with van der Waals surface area (Å²) in [6.07, 6.45) is 6.98. The second kappa shape index (κ2) is 15.9. The molecule has 2 N–H and O–H groups in total. The molecule has 5 heteroatoms. The van der Waals surface area contributed by atoms with Crippen LogP contribution in [0.5, 0.6) is 0 Å². The van der Waals surface area contributed by atoms with E-state index < -0.39 is 6.10 Å². The first-order valence-electron chi connectivity index (χ1n) is 7.40. The van der Waals surface area contributed by atoms with E-state index in [0.717, 1.165) is 13.0 Å². The Kier molecular flexibility index (Phi) is 15.7. The summed E-state index contributed by atoms with van der Waals surface area (Å²) in [6.45, 7) is 4.69. The lowest BCUT2D eigenvalue weighted by molar-refractivity contribution is -0.0291. The first-order chi connectivity index (χ1) is 9.31. The molecule has 0 aliphatic heterocycles. The van der Waals surface area contributed by atoms with E-state index in [4.69, 9.17) is 14.3 Å². The molecule has 0 amide bonds. The molecule has 0 spiro atoms. The van der Waals surface area contributed by atoms with Crippen molar-refractivity contribution in [2.75, 3.05) is 40.1 Å². The third kappa shape index (κ3) is 15.7. The zero-order valence-corrected chi connectivity index (χ0v) is 12.5. The third-order valence-corrected chi connectivity index (χ3v) is 2.76. The molecule has 0 aliphatic rings. The summed E-state index contributed by atoms with van der Waals surface area (Å²) in [5.74, 6) is 0. The maximum absolute atomic E-state index is 9.58. The van der Waals surface area contributed by atoms with Crippen LogP contribution in [0.3, 0.4) is 0 Å². The first kappa shape index (κ1) is 18.8. The van der Waals surface area contributed by atoms with Crippen LogP contribution >= 0.6 is 0 Å². The van der Waals surface area contributed by atoms with Crippen LogP contribution < -0.4 is 5.48 Å². The van der Waals surface area contributed by atoms with Crippen molar-refractivity contribution >= 4 is 0 Å². The molecule has 0 saturated heterocycles. The predicted molar refractivity (Wildman–Crippen MR) is 76.0 cm³/mol. The molecule has 0 saturated carbocycles. The molecule has 0 bridgehead atoms. The standard InChI is InChI=1S/C14H31NO4/c1-3-4-5-6-7-8-9-18-13-14(16)12-15-19-11-10-17-2/h14-16H,3-13H2,1-2H3. The van der Waals surface area contributed by atoms with Gasteiger partial charge in [0.2, 0.25) is 0 Å². The van der Waals surface area contributed by atoms with Gasteiger partial charge in [0.25, 0.3) is 0 Å². The minimum Gasteiger partial charge on any atom is -0.389 e. The van der Waals surface area contributed by atoms with Gasteiger partial charge in [0.05, 0.1) is 25.9 Å². The van der Waals surface area contributed by atoms with E-state index in [-0.39, 0.29) is 0 Å². The normalized spacial score (nSPS) is 12.8. The smallest absolute Gasteiger partial charge is 0.0920 e. The summed E-state index contributed by atoms with van der Waals surface area (Å²) in [4.78, 5) is 5.04. The van der Waals surface area contributed by atoms with Crippen LogP contribution in [0.1, 0.15) is 45.4 Å². The van der Waals surface area contributed by atoms with Crippen molar-refractivity contribution in [3.63, 3.8) is 0 Å². The van der Waals surface area contributed by atoms with E-state index in [1.807, 2.05) is 0 Å². The quantitative estimate of drug-likeness (QED) is 0.353. The third-order valence-electron chi connectivity index (χ3n) is 2.76. The number of ether oxygens (including phenoxy) is 2. The second-order valence-corrected chi connectivity index (χ2v) is 4.69. The van der Waals surface area contributed by atoms with E-state index in [1.54, 1.807) is 7.11 Å². The van der Waals surface area contributed by atoms with Crippen LogP contribution in [-0.4, -0.2) is 51.3 Å². The molecule has 0 rings (SSSR count). The van der Waals surface area contributed by atoms with Crippen molar-refractivity contribution in [3.05, 3.63) is 0 Å². The number of methoxy groups -OCH3 is 1. The molecule has 116 valence electrons. The van der Waals surface area contributed by atoms with E-state index >= 15 is 0 Å². The van der Waals surface area contributed by atoms with E-state index in [0.29, 0.717) is 26.4 Å². The maximum atomic E-state index is 9.58. The summed E-state index contributed by atoms with van der Waals surface area (Å²) in [6, 6.07) is 0. The van der Waals surface area contributed by atoms with Crippen molar-refractivity contribution in [2.24, 2.45) is 0 Å². The Labute approximate surface area is 117 Å². The molecule has 0 radical (unpaired) electrons. The van der Waals surface area contributed by atoms with Gasteiger partial charge >= 0.3 is 0 Å². The molecule has 0 heterocycles. The summed E-state index contributed by atoms with van der Waals surface area (Å²) >= 11 is 0. The fraction of sp³-hybridized carbons (Fsp3) is 1.00. The highest BCUT2D eigenvalue weighted by atomic mass is 16.7. The monoisotopic (exact) mass is 277 g/mol. The van der Waals surface area contributed by atoms with Crippen molar-refractivity contribution in [1.82, 2.24) is 5.48 Å². The number of hydrogen-bond donors (Lipinski definition) is 2. The lowest BCUT2D eigenvalue weighted by atomic mass is 10.1. The van der Waals surface area contributed by atoms with Crippen molar-refractivity contribution in [2.45, 2.75) is 51.6 Å². The number of aliphatic hydroxyl groups is 1. The Balaban J connectivity index is 3.09. The van der Waals surface area contributed by atoms with Crippen molar-refractivity contribution < 1.29 is 19.4 Å². The number of rotatable bonds is 15. The Morgan fingerprint density at radius 3 is 2.47 bits per heavy atom. The van der Waals surface area contributed by atoms with Gasteiger partial charge in [-0.2, -0.15) is 5.48 Å². The Morgan fingerprint density at radius 2 is 1.74 bits per heavy atom. The summed E-state index contributed by atoms with van der Waals surface area (Å²) in [7, 11) is 1.62. The van der Waals surface area contributed by atoms with Gasteiger partial charge in [-0.1, -0.05) is 39.0 Å². The van der Waals surface area contributed by atoms with Gasteiger partial charge < -0.3 is 14.6 Å². The minimum absolute atomic E-state index is 0.357. The molecular formula is C14H31NO4. The molecule has 0 aromatic rings. The molecule has 19 heavy (non-hydrogen) atoms. The first-order valence-corrected chi connectivity index (χ1v) is 7.40. The highest BCUT2D eigenvalue weighted by Crippen LogP contribution is 2.04. The van der Waals surface area contributed by atoms with Gasteiger partial charge in [0, 0.05) is 20.3 Å². The van der Waals surface area contributed by atoms with Gasteiger partial charge in [-0.15, -0.1) is 0 Å². The van der Waals surface area contributed by atoms with Gasteiger partial charge in [-0.25, -0.2) is 0 Å².